The van der Waals surface area contributed by atoms with E-state index in [9.17, 15) is 9.59 Å². The van der Waals surface area contributed by atoms with Gasteiger partial charge in [-0.3, -0.25) is 15.6 Å². The van der Waals surface area contributed by atoms with Gasteiger partial charge in [0.25, 0.3) is 5.91 Å². The summed E-state index contributed by atoms with van der Waals surface area (Å²) in [7, 11) is 0. The molecule has 0 bridgehead atoms. The summed E-state index contributed by atoms with van der Waals surface area (Å²) in [5.74, 6) is -0.234. The molecule has 1 amide bonds. The number of hydrogen-bond donors (Lipinski definition) is 2. The topological polar surface area (TPSA) is 93.2 Å². The second kappa shape index (κ2) is 7.49. The summed E-state index contributed by atoms with van der Waals surface area (Å²) in [4.78, 5) is 33.9. The van der Waals surface area contributed by atoms with Crippen LogP contribution in [0.2, 0.25) is 0 Å². The molecule has 134 valence electrons. The largest absolute Gasteiger partial charge is 0.462 e. The van der Waals surface area contributed by atoms with E-state index in [4.69, 9.17) is 4.74 Å². The van der Waals surface area contributed by atoms with Crippen molar-refractivity contribution in [2.45, 2.75) is 20.8 Å². The molecule has 0 aliphatic rings. The van der Waals surface area contributed by atoms with E-state index in [1.165, 1.54) is 17.7 Å². The monoisotopic (exact) mass is 370 g/mol. The van der Waals surface area contributed by atoms with Crippen LogP contribution < -0.4 is 10.9 Å². The lowest BCUT2D eigenvalue weighted by molar-refractivity contribution is 0.0531. The van der Waals surface area contributed by atoms with Gasteiger partial charge in [0.2, 0.25) is 0 Å². The Morgan fingerprint density at radius 3 is 2.77 bits per heavy atom. The molecule has 2 aromatic heterocycles. The van der Waals surface area contributed by atoms with Gasteiger partial charge in [0.1, 0.15) is 16.0 Å². The SMILES string of the molecule is CCOC(=O)c1sc2ncnc(NNC(=O)c3cccc(C)c3)c2c1C. The first-order valence-electron chi connectivity index (χ1n) is 8.05. The van der Waals surface area contributed by atoms with Crippen molar-refractivity contribution in [3.8, 4) is 0 Å². The zero-order valence-electron chi connectivity index (χ0n) is 14.6. The molecule has 2 N–H and O–H groups in total. The van der Waals surface area contributed by atoms with Crippen LogP contribution in [0.5, 0.6) is 0 Å². The molecule has 0 saturated carbocycles. The van der Waals surface area contributed by atoms with Gasteiger partial charge >= 0.3 is 5.97 Å². The molecule has 0 radical (unpaired) electrons. The van der Waals surface area contributed by atoms with E-state index in [1.807, 2.05) is 26.0 Å². The van der Waals surface area contributed by atoms with E-state index >= 15 is 0 Å². The van der Waals surface area contributed by atoms with Crippen molar-refractivity contribution in [2.75, 3.05) is 12.0 Å². The predicted molar refractivity (Wildman–Crippen MR) is 100 cm³/mol. The van der Waals surface area contributed by atoms with Gasteiger partial charge in [-0.25, -0.2) is 14.8 Å². The van der Waals surface area contributed by atoms with Gasteiger partial charge < -0.3 is 4.74 Å². The Morgan fingerprint density at radius 2 is 2.04 bits per heavy atom. The molecule has 3 aromatic rings. The molecule has 0 saturated heterocycles. The van der Waals surface area contributed by atoms with Gasteiger partial charge in [-0.2, -0.15) is 0 Å². The first-order chi connectivity index (χ1) is 12.5. The molecule has 26 heavy (non-hydrogen) atoms. The van der Waals surface area contributed by atoms with Gasteiger partial charge in [0.15, 0.2) is 5.82 Å². The van der Waals surface area contributed by atoms with Gasteiger partial charge in [-0.05, 0) is 38.5 Å². The van der Waals surface area contributed by atoms with Gasteiger partial charge in [0, 0.05) is 5.56 Å². The number of amides is 1. The number of nitrogens with zero attached hydrogens (tertiary/aromatic N) is 2. The average Bonchev–Trinajstić information content (AvgIpc) is 2.97. The van der Waals surface area contributed by atoms with E-state index in [0.29, 0.717) is 33.1 Å². The van der Waals surface area contributed by atoms with Crippen molar-refractivity contribution in [3.63, 3.8) is 0 Å². The first kappa shape index (κ1) is 17.8. The summed E-state index contributed by atoms with van der Waals surface area (Å²) in [6.07, 6.45) is 1.38. The van der Waals surface area contributed by atoms with Crippen LogP contribution in [0.15, 0.2) is 30.6 Å². The molecule has 3 rings (SSSR count). The molecule has 0 aliphatic heterocycles. The smallest absolute Gasteiger partial charge is 0.348 e. The number of anilines is 1. The van der Waals surface area contributed by atoms with Crippen molar-refractivity contribution in [3.05, 3.63) is 52.2 Å². The maximum atomic E-state index is 12.3. The Labute approximate surface area is 154 Å². The van der Waals surface area contributed by atoms with Crippen molar-refractivity contribution >= 4 is 39.2 Å². The number of aryl methyl sites for hydroxylation is 2. The fraction of sp³-hybridized carbons (Fsp3) is 0.222. The number of hydrazine groups is 1. The highest BCUT2D eigenvalue weighted by Crippen LogP contribution is 2.33. The van der Waals surface area contributed by atoms with E-state index in [2.05, 4.69) is 20.8 Å². The lowest BCUT2D eigenvalue weighted by Crippen LogP contribution is -2.30. The van der Waals surface area contributed by atoms with E-state index in [-0.39, 0.29) is 11.9 Å². The quantitative estimate of drug-likeness (QED) is 0.529. The molecule has 0 atom stereocenters. The summed E-state index contributed by atoms with van der Waals surface area (Å²) in [6, 6.07) is 7.27. The number of ether oxygens (including phenoxy) is 1. The Hall–Kier alpha value is -3.00. The molecule has 1 aromatic carbocycles. The van der Waals surface area contributed by atoms with Gasteiger partial charge in [-0.1, -0.05) is 17.7 Å². The number of carbonyl (C=O) groups excluding carboxylic acids is 2. The minimum absolute atomic E-state index is 0.279. The van der Waals surface area contributed by atoms with Crippen LogP contribution in [0, 0.1) is 13.8 Å². The highest BCUT2D eigenvalue weighted by atomic mass is 32.1. The maximum Gasteiger partial charge on any atom is 0.348 e. The summed E-state index contributed by atoms with van der Waals surface area (Å²) in [5, 5.41) is 0.685. The number of thiophene rings is 1. The number of carbonyl (C=O) groups is 2. The number of fused-ring (bicyclic) bond motifs is 1. The van der Waals surface area contributed by atoms with Crippen LogP contribution in [-0.2, 0) is 4.74 Å². The Bertz CT molecular complexity index is 984. The molecule has 0 spiro atoms. The molecule has 8 heteroatoms. The Morgan fingerprint density at radius 1 is 1.23 bits per heavy atom. The minimum Gasteiger partial charge on any atom is -0.462 e. The minimum atomic E-state index is -0.386. The fourth-order valence-electron chi connectivity index (χ4n) is 2.53. The Kier molecular flexibility index (Phi) is 5.13. The highest BCUT2D eigenvalue weighted by molar-refractivity contribution is 7.20. The van der Waals surface area contributed by atoms with Gasteiger partial charge in [0.05, 0.1) is 12.0 Å². The lowest BCUT2D eigenvalue weighted by Gasteiger charge is -2.09. The lowest BCUT2D eigenvalue weighted by atomic mass is 10.1. The van der Waals surface area contributed by atoms with Crippen molar-refractivity contribution in [1.29, 1.82) is 0 Å². The first-order valence-corrected chi connectivity index (χ1v) is 8.87. The van der Waals surface area contributed by atoms with Crippen LogP contribution in [-0.4, -0.2) is 28.5 Å². The normalized spacial score (nSPS) is 10.6. The molecule has 2 heterocycles. The molecule has 0 aliphatic carbocycles. The van der Waals surface area contributed by atoms with Crippen molar-refractivity contribution in [2.24, 2.45) is 0 Å². The third-order valence-electron chi connectivity index (χ3n) is 3.76. The summed E-state index contributed by atoms with van der Waals surface area (Å²) in [5.41, 5.74) is 7.72. The number of esters is 1. The highest BCUT2D eigenvalue weighted by Gasteiger charge is 2.20. The van der Waals surface area contributed by atoms with Crippen LogP contribution >= 0.6 is 11.3 Å². The summed E-state index contributed by atoms with van der Waals surface area (Å²) in [6.45, 7) is 5.79. The van der Waals surface area contributed by atoms with Crippen molar-refractivity contribution < 1.29 is 14.3 Å². The summed E-state index contributed by atoms with van der Waals surface area (Å²) >= 11 is 1.24. The van der Waals surface area contributed by atoms with Crippen LogP contribution in [0.4, 0.5) is 5.82 Å². The zero-order chi connectivity index (χ0) is 18.7. The number of aromatic nitrogens is 2. The van der Waals surface area contributed by atoms with Crippen LogP contribution in [0.3, 0.4) is 0 Å². The van der Waals surface area contributed by atoms with Crippen LogP contribution in [0.1, 0.15) is 38.1 Å². The molecule has 0 unspecified atom stereocenters. The third-order valence-corrected chi connectivity index (χ3v) is 4.94. The molecular formula is C18H18N4O3S. The fourth-order valence-corrected chi connectivity index (χ4v) is 3.57. The maximum absolute atomic E-state index is 12.3. The van der Waals surface area contributed by atoms with E-state index in [1.54, 1.807) is 19.1 Å². The average molecular weight is 370 g/mol. The zero-order valence-corrected chi connectivity index (χ0v) is 15.4. The Balaban J connectivity index is 1.86. The van der Waals surface area contributed by atoms with Gasteiger partial charge in [-0.15, -0.1) is 11.3 Å². The molecule has 0 fully saturated rings. The molecule has 7 nitrogen and oxygen atoms in total. The number of rotatable bonds is 5. The van der Waals surface area contributed by atoms with E-state index in [0.717, 1.165) is 11.1 Å². The number of nitrogens with one attached hydrogen (secondary N) is 2. The number of hydrogen-bond acceptors (Lipinski definition) is 7. The predicted octanol–water partition coefficient (Wildman–Crippen LogP) is 3.24. The van der Waals surface area contributed by atoms with E-state index < -0.39 is 0 Å². The standard InChI is InChI=1S/C18H18N4O3S/c1-4-25-18(24)14-11(3)13-15(19-9-20-17(13)26-14)21-22-16(23)12-7-5-6-10(2)8-12/h5-9H,4H2,1-3H3,(H,22,23)(H,19,20,21). The molecular weight excluding hydrogens is 352 g/mol. The number of benzene rings is 1. The van der Waals surface area contributed by atoms with Crippen molar-refractivity contribution in [1.82, 2.24) is 15.4 Å². The second-order valence-corrected chi connectivity index (χ2v) is 6.63. The van der Waals surface area contributed by atoms with Crippen LogP contribution in [0.25, 0.3) is 10.2 Å². The summed E-state index contributed by atoms with van der Waals surface area (Å²) < 4.78 is 5.08. The third kappa shape index (κ3) is 3.50. The second-order valence-electron chi connectivity index (χ2n) is 5.63.